The summed E-state index contributed by atoms with van der Waals surface area (Å²) in [6.45, 7) is 1.58. The van der Waals surface area contributed by atoms with Crippen molar-refractivity contribution in [2.45, 2.75) is 19.1 Å². The van der Waals surface area contributed by atoms with E-state index in [9.17, 15) is 22.8 Å². The largest absolute Gasteiger partial charge is 0.416 e. The van der Waals surface area contributed by atoms with E-state index < -0.39 is 29.2 Å². The first-order valence-electron chi connectivity index (χ1n) is 7.86. The number of amides is 1. The number of aromatic amines is 1. The summed E-state index contributed by atoms with van der Waals surface area (Å²) >= 11 is 0. The Kier molecular flexibility index (Phi) is 4.54. The number of aromatic nitrogens is 1. The molecule has 0 aliphatic heterocycles. The van der Waals surface area contributed by atoms with Crippen molar-refractivity contribution in [3.8, 4) is 0 Å². The van der Waals surface area contributed by atoms with Gasteiger partial charge in [-0.3, -0.25) is 9.59 Å². The number of benzene rings is 2. The maximum atomic E-state index is 12.8. The lowest BCUT2D eigenvalue weighted by atomic mass is 10.0. The molecule has 3 aromatic rings. The van der Waals surface area contributed by atoms with Gasteiger partial charge in [0.2, 0.25) is 0 Å². The van der Waals surface area contributed by atoms with Crippen LogP contribution in [-0.4, -0.2) is 10.9 Å². The zero-order valence-electron chi connectivity index (χ0n) is 13.7. The lowest BCUT2D eigenvalue weighted by Gasteiger charge is -2.16. The molecule has 26 heavy (non-hydrogen) atoms. The highest BCUT2D eigenvalue weighted by molar-refractivity contribution is 5.96. The Bertz CT molecular complexity index is 1020. The molecule has 1 unspecified atom stereocenters. The molecule has 1 heterocycles. The van der Waals surface area contributed by atoms with Crippen LogP contribution in [0.4, 0.5) is 13.2 Å². The molecule has 2 N–H and O–H groups in total. The van der Waals surface area contributed by atoms with Crippen LogP contribution in [0.15, 0.2) is 59.4 Å². The average molecular weight is 360 g/mol. The number of carbonyl (C=O) groups excluding carboxylic acids is 1. The first-order valence-corrected chi connectivity index (χ1v) is 7.86. The number of hydrogen-bond acceptors (Lipinski definition) is 2. The summed E-state index contributed by atoms with van der Waals surface area (Å²) in [4.78, 5) is 27.0. The van der Waals surface area contributed by atoms with E-state index in [1.54, 1.807) is 31.2 Å². The fraction of sp³-hybridized carbons (Fsp3) is 0.158. The molecule has 7 heteroatoms. The van der Waals surface area contributed by atoms with Gasteiger partial charge in [0.1, 0.15) is 5.69 Å². The van der Waals surface area contributed by atoms with Crippen LogP contribution in [0, 0.1) is 0 Å². The lowest BCUT2D eigenvalue weighted by Crippen LogP contribution is -2.29. The molecule has 3 rings (SSSR count). The van der Waals surface area contributed by atoms with E-state index in [2.05, 4.69) is 10.3 Å². The van der Waals surface area contributed by atoms with Gasteiger partial charge in [-0.05, 0) is 42.1 Å². The van der Waals surface area contributed by atoms with Gasteiger partial charge in [0.05, 0.1) is 11.6 Å². The van der Waals surface area contributed by atoms with Gasteiger partial charge in [-0.25, -0.2) is 0 Å². The molecule has 4 nitrogen and oxygen atoms in total. The molecule has 0 radical (unpaired) electrons. The van der Waals surface area contributed by atoms with Crippen molar-refractivity contribution in [1.82, 2.24) is 10.3 Å². The second-order valence-corrected chi connectivity index (χ2v) is 5.92. The van der Waals surface area contributed by atoms with Crippen LogP contribution in [0.1, 0.15) is 34.6 Å². The smallest absolute Gasteiger partial charge is 0.344 e. The van der Waals surface area contributed by atoms with Gasteiger partial charge < -0.3 is 10.3 Å². The second kappa shape index (κ2) is 6.67. The van der Waals surface area contributed by atoms with Crippen LogP contribution >= 0.6 is 0 Å². The Morgan fingerprint density at radius 1 is 1.08 bits per heavy atom. The van der Waals surface area contributed by atoms with E-state index in [0.29, 0.717) is 16.3 Å². The summed E-state index contributed by atoms with van der Waals surface area (Å²) in [5.74, 6) is -0.572. The number of hydrogen-bond donors (Lipinski definition) is 2. The summed E-state index contributed by atoms with van der Waals surface area (Å²) in [5.41, 5.74) is -0.820. The minimum absolute atomic E-state index is 0.0486. The van der Waals surface area contributed by atoms with Gasteiger partial charge in [0.15, 0.2) is 0 Å². The van der Waals surface area contributed by atoms with E-state index >= 15 is 0 Å². The standard InChI is InChI=1S/C19H15F3N2O2/c1-11(12-6-4-7-14(9-12)19(20,21)22)23-18(26)16-10-13-5-2-3-8-15(13)17(25)24-16/h2-11H,1H3,(H,23,26)(H,24,25). The Morgan fingerprint density at radius 2 is 1.81 bits per heavy atom. The topological polar surface area (TPSA) is 62.0 Å². The predicted octanol–water partition coefficient (Wildman–Crippen LogP) is 4.04. The molecule has 134 valence electrons. The Labute approximate surface area is 146 Å². The van der Waals surface area contributed by atoms with Gasteiger partial charge in [-0.2, -0.15) is 13.2 Å². The third-order valence-corrected chi connectivity index (χ3v) is 4.06. The molecule has 0 bridgehead atoms. The highest BCUT2D eigenvalue weighted by atomic mass is 19.4. The minimum atomic E-state index is -4.46. The normalized spacial score (nSPS) is 12.8. The summed E-state index contributed by atoms with van der Waals surface area (Å²) < 4.78 is 38.5. The van der Waals surface area contributed by atoms with E-state index in [4.69, 9.17) is 0 Å². The summed E-state index contributed by atoms with van der Waals surface area (Å²) in [6, 6.07) is 12.4. The zero-order chi connectivity index (χ0) is 18.9. The van der Waals surface area contributed by atoms with Crippen LogP contribution in [0.2, 0.25) is 0 Å². The summed E-state index contributed by atoms with van der Waals surface area (Å²) in [7, 11) is 0. The molecule has 0 spiro atoms. The van der Waals surface area contributed by atoms with Crippen molar-refractivity contribution >= 4 is 16.7 Å². The molecule has 1 amide bonds. The van der Waals surface area contributed by atoms with Gasteiger partial charge >= 0.3 is 6.18 Å². The van der Waals surface area contributed by atoms with Gasteiger partial charge in [-0.1, -0.05) is 30.3 Å². The van der Waals surface area contributed by atoms with E-state index in [-0.39, 0.29) is 5.69 Å². The van der Waals surface area contributed by atoms with Crippen LogP contribution < -0.4 is 10.9 Å². The van der Waals surface area contributed by atoms with Crippen molar-refractivity contribution in [1.29, 1.82) is 0 Å². The van der Waals surface area contributed by atoms with Gasteiger partial charge in [-0.15, -0.1) is 0 Å². The maximum Gasteiger partial charge on any atom is 0.416 e. The molecule has 1 aromatic heterocycles. The van der Waals surface area contributed by atoms with Crippen molar-refractivity contribution < 1.29 is 18.0 Å². The van der Waals surface area contributed by atoms with Crippen LogP contribution in [0.25, 0.3) is 10.8 Å². The average Bonchev–Trinajstić information content (AvgIpc) is 2.61. The Hall–Kier alpha value is -3.09. The Balaban J connectivity index is 1.85. The second-order valence-electron chi connectivity index (χ2n) is 5.92. The number of carbonyl (C=O) groups is 1. The third-order valence-electron chi connectivity index (χ3n) is 4.06. The summed E-state index contributed by atoms with van der Waals surface area (Å²) in [6.07, 6.45) is -4.46. The molecular weight excluding hydrogens is 345 g/mol. The Morgan fingerprint density at radius 3 is 2.54 bits per heavy atom. The van der Waals surface area contributed by atoms with Crippen LogP contribution in [-0.2, 0) is 6.18 Å². The fourth-order valence-electron chi connectivity index (χ4n) is 2.68. The number of pyridine rings is 1. The first kappa shape index (κ1) is 17.7. The number of alkyl halides is 3. The molecular formula is C19H15F3N2O2. The fourth-order valence-corrected chi connectivity index (χ4v) is 2.68. The lowest BCUT2D eigenvalue weighted by molar-refractivity contribution is -0.137. The molecule has 1 atom stereocenters. The van der Waals surface area contributed by atoms with Crippen molar-refractivity contribution in [2.24, 2.45) is 0 Å². The van der Waals surface area contributed by atoms with Gasteiger partial charge in [0, 0.05) is 5.39 Å². The number of H-pyrrole nitrogens is 1. The van der Waals surface area contributed by atoms with Crippen LogP contribution in [0.3, 0.4) is 0 Å². The van der Waals surface area contributed by atoms with Crippen LogP contribution in [0.5, 0.6) is 0 Å². The highest BCUT2D eigenvalue weighted by Crippen LogP contribution is 2.30. The number of fused-ring (bicyclic) bond motifs is 1. The number of rotatable bonds is 3. The molecule has 0 aliphatic rings. The molecule has 0 saturated heterocycles. The molecule has 0 fully saturated rings. The molecule has 0 saturated carbocycles. The minimum Gasteiger partial charge on any atom is -0.344 e. The van der Waals surface area contributed by atoms with E-state index in [1.165, 1.54) is 18.2 Å². The predicted molar refractivity (Wildman–Crippen MR) is 91.9 cm³/mol. The van der Waals surface area contributed by atoms with Gasteiger partial charge in [0.25, 0.3) is 11.5 Å². The first-order chi connectivity index (χ1) is 12.3. The monoisotopic (exact) mass is 360 g/mol. The van der Waals surface area contributed by atoms with Crippen molar-refractivity contribution in [3.63, 3.8) is 0 Å². The molecule has 0 aliphatic carbocycles. The number of nitrogens with one attached hydrogen (secondary N) is 2. The van der Waals surface area contributed by atoms with Crippen molar-refractivity contribution in [3.05, 3.63) is 81.8 Å². The maximum absolute atomic E-state index is 12.8. The molecule has 2 aromatic carbocycles. The highest BCUT2D eigenvalue weighted by Gasteiger charge is 2.30. The third kappa shape index (κ3) is 3.61. The quantitative estimate of drug-likeness (QED) is 0.741. The van der Waals surface area contributed by atoms with E-state index in [0.717, 1.165) is 12.1 Å². The SMILES string of the molecule is CC(NC(=O)c1cc2ccccc2c(=O)[nH]1)c1cccc(C(F)(F)F)c1. The number of halogens is 3. The summed E-state index contributed by atoms with van der Waals surface area (Å²) in [5, 5.41) is 3.67. The zero-order valence-corrected chi connectivity index (χ0v) is 13.7. The van der Waals surface area contributed by atoms with E-state index in [1.807, 2.05) is 0 Å². The van der Waals surface area contributed by atoms with Crippen molar-refractivity contribution in [2.75, 3.05) is 0 Å².